The molecule has 1 saturated heterocycles. The number of hydrogen-bond donors (Lipinski definition) is 2. The zero-order valence-corrected chi connectivity index (χ0v) is 15.5. The predicted molar refractivity (Wildman–Crippen MR) is 108 cm³/mol. The van der Waals surface area contributed by atoms with Crippen LogP contribution in [0.5, 0.6) is 0 Å². The zero-order chi connectivity index (χ0) is 18.0. The first-order valence-corrected chi connectivity index (χ1v) is 9.72. The highest BCUT2D eigenvalue weighted by molar-refractivity contribution is 5.66. The molecule has 0 aromatic heterocycles. The van der Waals surface area contributed by atoms with Gasteiger partial charge in [-0.3, -0.25) is 0 Å². The van der Waals surface area contributed by atoms with Gasteiger partial charge in [0.25, 0.3) is 0 Å². The molecule has 0 bridgehead atoms. The molecule has 0 aliphatic carbocycles. The first-order chi connectivity index (χ1) is 12.7. The average molecular weight is 348 g/mol. The summed E-state index contributed by atoms with van der Waals surface area (Å²) in [5, 5.41) is 14.3. The van der Waals surface area contributed by atoms with Crippen molar-refractivity contribution in [3.05, 3.63) is 71.3 Å². The van der Waals surface area contributed by atoms with Gasteiger partial charge in [-0.25, -0.2) is 0 Å². The number of para-hydroxylation sites is 1. The molecule has 2 aromatic carbocycles. The van der Waals surface area contributed by atoms with E-state index in [4.69, 9.17) is 0 Å². The molecular weight excluding hydrogens is 320 g/mol. The quantitative estimate of drug-likeness (QED) is 0.886. The van der Waals surface area contributed by atoms with E-state index in [-0.39, 0.29) is 5.54 Å². The van der Waals surface area contributed by atoms with Crippen LogP contribution in [-0.2, 0) is 6.42 Å². The largest absolute Gasteiger partial charge is 0.389 e. The Morgan fingerprint density at radius 1 is 1.08 bits per heavy atom. The third kappa shape index (κ3) is 3.06. The van der Waals surface area contributed by atoms with Crippen molar-refractivity contribution in [2.45, 2.75) is 37.8 Å². The summed E-state index contributed by atoms with van der Waals surface area (Å²) in [6.45, 7) is 4.91. The lowest BCUT2D eigenvalue weighted by atomic mass is 9.76. The van der Waals surface area contributed by atoms with E-state index >= 15 is 0 Å². The van der Waals surface area contributed by atoms with E-state index in [1.165, 1.54) is 11.3 Å². The van der Waals surface area contributed by atoms with Crippen molar-refractivity contribution in [1.82, 2.24) is 5.32 Å². The van der Waals surface area contributed by atoms with Crippen molar-refractivity contribution < 1.29 is 5.11 Å². The lowest BCUT2D eigenvalue weighted by molar-refractivity contribution is 0.195. The van der Waals surface area contributed by atoms with Crippen LogP contribution < -0.4 is 10.2 Å². The van der Waals surface area contributed by atoms with Crippen molar-refractivity contribution in [1.29, 1.82) is 0 Å². The molecule has 0 radical (unpaired) electrons. The van der Waals surface area contributed by atoms with Gasteiger partial charge in [-0.15, -0.1) is 0 Å². The highest BCUT2D eigenvalue weighted by atomic mass is 16.3. The van der Waals surface area contributed by atoms with Crippen molar-refractivity contribution in [3.8, 4) is 0 Å². The van der Waals surface area contributed by atoms with Crippen LogP contribution in [0.3, 0.4) is 0 Å². The molecule has 4 rings (SSSR count). The van der Waals surface area contributed by atoms with Crippen molar-refractivity contribution in [2.24, 2.45) is 0 Å². The summed E-state index contributed by atoms with van der Waals surface area (Å²) in [5.74, 6) is 0. The minimum Gasteiger partial charge on any atom is -0.389 e. The number of piperidine rings is 1. The van der Waals surface area contributed by atoms with Gasteiger partial charge in [-0.1, -0.05) is 54.6 Å². The van der Waals surface area contributed by atoms with Gasteiger partial charge >= 0.3 is 0 Å². The summed E-state index contributed by atoms with van der Waals surface area (Å²) >= 11 is 0. The van der Waals surface area contributed by atoms with Crippen LogP contribution in [0.25, 0.3) is 6.08 Å². The van der Waals surface area contributed by atoms with Crippen LogP contribution >= 0.6 is 0 Å². The topological polar surface area (TPSA) is 35.5 Å². The molecule has 2 heterocycles. The summed E-state index contributed by atoms with van der Waals surface area (Å²) in [6, 6.07) is 19.2. The van der Waals surface area contributed by atoms with E-state index in [2.05, 4.69) is 64.8 Å². The molecule has 1 atom stereocenters. The second-order valence-electron chi connectivity index (χ2n) is 7.50. The van der Waals surface area contributed by atoms with Crippen LogP contribution in [0.1, 0.15) is 30.9 Å². The molecule has 0 saturated carbocycles. The molecule has 2 aliphatic rings. The normalized spacial score (nSPS) is 20.7. The highest BCUT2D eigenvalue weighted by Gasteiger charge is 2.44. The standard InChI is InChI=1S/C23H28N2O/c1-18(26)21(17-19-7-3-2-4-8-19)23(12-14-24-15-13-23)25-16-11-20-9-5-6-10-22(20)25/h2-10,17-18,24,26H,11-16H2,1H3. The van der Waals surface area contributed by atoms with E-state index in [1.807, 2.05) is 13.0 Å². The van der Waals surface area contributed by atoms with E-state index in [9.17, 15) is 5.11 Å². The van der Waals surface area contributed by atoms with Gasteiger partial charge in [0.05, 0.1) is 11.6 Å². The zero-order valence-electron chi connectivity index (χ0n) is 15.5. The predicted octanol–water partition coefficient (Wildman–Crippen LogP) is 3.64. The van der Waals surface area contributed by atoms with Crippen LogP contribution in [-0.4, -0.2) is 36.4 Å². The van der Waals surface area contributed by atoms with Crippen LogP contribution in [0.15, 0.2) is 60.2 Å². The summed E-state index contributed by atoms with van der Waals surface area (Å²) in [4.78, 5) is 2.57. The van der Waals surface area contributed by atoms with E-state index in [1.54, 1.807) is 0 Å². The van der Waals surface area contributed by atoms with Gasteiger partial charge < -0.3 is 15.3 Å². The lowest BCUT2D eigenvalue weighted by Gasteiger charge is -2.49. The molecular formula is C23H28N2O. The second-order valence-corrected chi connectivity index (χ2v) is 7.50. The van der Waals surface area contributed by atoms with Gasteiger partial charge in [0.1, 0.15) is 0 Å². The Kier molecular flexibility index (Phi) is 4.84. The molecule has 0 spiro atoms. The number of rotatable bonds is 4. The monoisotopic (exact) mass is 348 g/mol. The fourth-order valence-electron chi connectivity index (χ4n) is 4.71. The van der Waals surface area contributed by atoms with Crippen molar-refractivity contribution >= 4 is 11.8 Å². The van der Waals surface area contributed by atoms with Gasteiger partial charge in [0.2, 0.25) is 0 Å². The molecule has 136 valence electrons. The van der Waals surface area contributed by atoms with Crippen LogP contribution in [0.2, 0.25) is 0 Å². The number of fused-ring (bicyclic) bond motifs is 1. The van der Waals surface area contributed by atoms with Crippen LogP contribution in [0.4, 0.5) is 5.69 Å². The number of aliphatic hydroxyl groups excluding tert-OH is 1. The molecule has 1 fully saturated rings. The maximum Gasteiger partial charge on any atom is 0.0747 e. The smallest absolute Gasteiger partial charge is 0.0747 e. The first-order valence-electron chi connectivity index (χ1n) is 9.72. The summed E-state index contributed by atoms with van der Waals surface area (Å²) in [5.41, 5.74) is 4.95. The van der Waals surface area contributed by atoms with Gasteiger partial charge in [0.15, 0.2) is 0 Å². The SMILES string of the molecule is CC(O)C(=Cc1ccccc1)C1(N2CCc3ccccc32)CCNCC1. The molecule has 0 amide bonds. The van der Waals surface area contributed by atoms with Crippen molar-refractivity contribution in [2.75, 3.05) is 24.5 Å². The summed E-state index contributed by atoms with van der Waals surface area (Å²) < 4.78 is 0. The Balaban J connectivity index is 1.82. The maximum absolute atomic E-state index is 10.8. The molecule has 2 N–H and O–H groups in total. The molecule has 26 heavy (non-hydrogen) atoms. The molecule has 3 heteroatoms. The third-order valence-corrected chi connectivity index (χ3v) is 5.94. The molecule has 2 aromatic rings. The second kappa shape index (κ2) is 7.26. The first kappa shape index (κ1) is 17.3. The van der Waals surface area contributed by atoms with Gasteiger partial charge in [-0.05, 0) is 62.0 Å². The number of benzene rings is 2. The Bertz CT molecular complexity index is 776. The molecule has 2 aliphatic heterocycles. The number of nitrogens with one attached hydrogen (secondary N) is 1. The molecule has 3 nitrogen and oxygen atoms in total. The maximum atomic E-state index is 10.8. The minimum absolute atomic E-state index is 0.123. The van der Waals surface area contributed by atoms with E-state index in [0.29, 0.717) is 0 Å². The third-order valence-electron chi connectivity index (χ3n) is 5.94. The van der Waals surface area contributed by atoms with Crippen molar-refractivity contribution in [3.63, 3.8) is 0 Å². The average Bonchev–Trinajstić information content (AvgIpc) is 3.12. The van der Waals surface area contributed by atoms with E-state index in [0.717, 1.165) is 50.0 Å². The fraction of sp³-hybridized carbons (Fsp3) is 0.391. The Labute approximate surface area is 156 Å². The summed E-state index contributed by atoms with van der Waals surface area (Å²) in [7, 11) is 0. The van der Waals surface area contributed by atoms with Gasteiger partial charge in [0, 0.05) is 12.2 Å². The number of hydrogen-bond acceptors (Lipinski definition) is 3. The Morgan fingerprint density at radius 3 is 2.50 bits per heavy atom. The summed E-state index contributed by atoms with van der Waals surface area (Å²) in [6.07, 6.45) is 4.87. The number of anilines is 1. The van der Waals surface area contributed by atoms with E-state index < -0.39 is 6.10 Å². The Hall–Kier alpha value is -2.10. The van der Waals surface area contributed by atoms with Gasteiger partial charge in [-0.2, -0.15) is 0 Å². The minimum atomic E-state index is -0.471. The van der Waals surface area contributed by atoms with Crippen LogP contribution in [0, 0.1) is 0 Å². The lowest BCUT2D eigenvalue weighted by Crippen LogP contribution is -2.57. The number of aliphatic hydroxyl groups is 1. The fourth-order valence-corrected chi connectivity index (χ4v) is 4.71. The number of nitrogens with zero attached hydrogens (tertiary/aromatic N) is 1. The highest BCUT2D eigenvalue weighted by Crippen LogP contribution is 2.43. The Morgan fingerprint density at radius 2 is 1.77 bits per heavy atom. The molecule has 1 unspecified atom stereocenters.